The zero-order valence-corrected chi connectivity index (χ0v) is 11.3. The number of aromatic nitrogens is 2. The molecule has 0 radical (unpaired) electrons. The molecule has 5 nitrogen and oxygen atoms in total. The molecule has 0 aliphatic rings. The molecule has 1 N–H and O–H groups in total. The van der Waals surface area contributed by atoms with Crippen LogP contribution in [0.25, 0.3) is 10.2 Å². The number of amides is 1. The molecule has 0 aliphatic heterocycles. The van der Waals surface area contributed by atoms with Gasteiger partial charge in [-0.15, -0.1) is 17.8 Å². The standard InChI is InChI=1S/C13H13N3O2S/c1-3-5-14-11(17)7-16-8-15-12-10(13(16)18)6-9(4-2)19-12/h1,6,8H,4-5,7H2,2H3,(H,14,17). The lowest BCUT2D eigenvalue weighted by atomic mass is 10.3. The van der Waals surface area contributed by atoms with Crippen LogP contribution in [0.2, 0.25) is 0 Å². The predicted octanol–water partition coefficient (Wildman–Crippen LogP) is 0.770. The normalized spacial score (nSPS) is 10.3. The molecule has 0 atom stereocenters. The lowest BCUT2D eigenvalue weighted by Crippen LogP contribution is -2.32. The average Bonchev–Trinajstić information content (AvgIpc) is 2.84. The first-order chi connectivity index (χ1) is 9.15. The quantitative estimate of drug-likeness (QED) is 0.838. The van der Waals surface area contributed by atoms with Crippen LogP contribution in [0.4, 0.5) is 0 Å². The molecular weight excluding hydrogens is 262 g/mol. The smallest absolute Gasteiger partial charge is 0.262 e. The van der Waals surface area contributed by atoms with Gasteiger partial charge in [0.25, 0.3) is 5.56 Å². The largest absolute Gasteiger partial charge is 0.344 e. The van der Waals surface area contributed by atoms with E-state index in [1.807, 2.05) is 13.0 Å². The second kappa shape index (κ2) is 5.67. The van der Waals surface area contributed by atoms with E-state index in [4.69, 9.17) is 6.42 Å². The topological polar surface area (TPSA) is 64.0 Å². The van der Waals surface area contributed by atoms with Crippen molar-refractivity contribution < 1.29 is 4.79 Å². The van der Waals surface area contributed by atoms with Gasteiger partial charge in [-0.1, -0.05) is 12.8 Å². The Kier molecular flexibility index (Phi) is 3.97. The molecule has 0 bridgehead atoms. The van der Waals surface area contributed by atoms with Crippen molar-refractivity contribution in [3.63, 3.8) is 0 Å². The van der Waals surface area contributed by atoms with E-state index in [1.165, 1.54) is 22.2 Å². The Morgan fingerprint density at radius 2 is 2.42 bits per heavy atom. The molecule has 0 unspecified atom stereocenters. The third-order valence-corrected chi connectivity index (χ3v) is 3.81. The van der Waals surface area contributed by atoms with Gasteiger partial charge in [0.1, 0.15) is 11.4 Å². The highest BCUT2D eigenvalue weighted by molar-refractivity contribution is 7.18. The van der Waals surface area contributed by atoms with Crippen LogP contribution in [0, 0.1) is 12.3 Å². The summed E-state index contributed by atoms with van der Waals surface area (Å²) in [7, 11) is 0. The zero-order valence-electron chi connectivity index (χ0n) is 10.5. The summed E-state index contributed by atoms with van der Waals surface area (Å²) in [5.41, 5.74) is -0.197. The highest BCUT2D eigenvalue weighted by Gasteiger charge is 2.10. The zero-order chi connectivity index (χ0) is 13.8. The number of terminal acetylenes is 1. The van der Waals surface area contributed by atoms with Gasteiger partial charge in [-0.25, -0.2) is 4.98 Å². The Hall–Kier alpha value is -2.13. The number of rotatable bonds is 4. The number of hydrogen-bond acceptors (Lipinski definition) is 4. The highest BCUT2D eigenvalue weighted by atomic mass is 32.1. The SMILES string of the molecule is C#CCNC(=O)Cn1cnc2sc(CC)cc2c1=O. The van der Waals surface area contributed by atoms with E-state index in [9.17, 15) is 9.59 Å². The van der Waals surface area contributed by atoms with Crippen LogP contribution in [0.1, 0.15) is 11.8 Å². The van der Waals surface area contributed by atoms with Gasteiger partial charge in [0.2, 0.25) is 5.91 Å². The molecule has 1 amide bonds. The number of fused-ring (bicyclic) bond motifs is 1. The van der Waals surface area contributed by atoms with Crippen molar-refractivity contribution in [1.82, 2.24) is 14.9 Å². The molecule has 98 valence electrons. The summed E-state index contributed by atoms with van der Waals surface area (Å²) >= 11 is 1.50. The molecule has 6 heteroatoms. The van der Waals surface area contributed by atoms with Crippen LogP contribution in [0.15, 0.2) is 17.2 Å². The van der Waals surface area contributed by atoms with Gasteiger partial charge in [0, 0.05) is 4.88 Å². The fraction of sp³-hybridized carbons (Fsp3) is 0.308. The number of nitrogens with one attached hydrogen (secondary N) is 1. The summed E-state index contributed by atoms with van der Waals surface area (Å²) in [6, 6.07) is 1.84. The number of carbonyl (C=O) groups excluding carboxylic acids is 1. The third-order valence-electron chi connectivity index (χ3n) is 2.62. The monoisotopic (exact) mass is 275 g/mol. The molecule has 0 fully saturated rings. The van der Waals surface area contributed by atoms with Crippen LogP contribution in [-0.4, -0.2) is 22.0 Å². The van der Waals surface area contributed by atoms with Gasteiger partial charge in [-0.2, -0.15) is 0 Å². The number of hydrogen-bond donors (Lipinski definition) is 1. The lowest BCUT2D eigenvalue weighted by molar-refractivity contribution is -0.121. The van der Waals surface area contributed by atoms with Gasteiger partial charge in [-0.3, -0.25) is 14.2 Å². The van der Waals surface area contributed by atoms with Crippen LogP contribution >= 0.6 is 11.3 Å². The van der Waals surface area contributed by atoms with E-state index in [0.29, 0.717) is 10.2 Å². The van der Waals surface area contributed by atoms with Crippen molar-refractivity contribution in [2.24, 2.45) is 0 Å². The Balaban J connectivity index is 2.30. The summed E-state index contributed by atoms with van der Waals surface area (Å²) in [6.07, 6.45) is 7.31. The van der Waals surface area contributed by atoms with Gasteiger partial charge < -0.3 is 5.32 Å². The van der Waals surface area contributed by atoms with Gasteiger partial charge in [0.15, 0.2) is 0 Å². The summed E-state index contributed by atoms with van der Waals surface area (Å²) in [6.45, 7) is 2.11. The van der Waals surface area contributed by atoms with Crippen LogP contribution in [0.3, 0.4) is 0 Å². The van der Waals surface area contributed by atoms with Crippen LogP contribution in [-0.2, 0) is 17.8 Å². The molecule has 0 aromatic carbocycles. The summed E-state index contributed by atoms with van der Waals surface area (Å²) in [5.74, 6) is 2.01. The van der Waals surface area contributed by atoms with E-state index in [0.717, 1.165) is 11.3 Å². The van der Waals surface area contributed by atoms with Crippen molar-refractivity contribution in [2.75, 3.05) is 6.54 Å². The highest BCUT2D eigenvalue weighted by Crippen LogP contribution is 2.20. The van der Waals surface area contributed by atoms with E-state index < -0.39 is 0 Å². The van der Waals surface area contributed by atoms with Crippen LogP contribution in [0.5, 0.6) is 0 Å². The number of carbonyl (C=O) groups is 1. The van der Waals surface area contributed by atoms with Gasteiger partial charge >= 0.3 is 0 Å². The molecule has 2 aromatic heterocycles. The fourth-order valence-corrected chi connectivity index (χ4v) is 2.58. The Bertz CT molecular complexity index is 709. The minimum Gasteiger partial charge on any atom is -0.344 e. The van der Waals surface area contributed by atoms with E-state index in [-0.39, 0.29) is 24.6 Å². The fourth-order valence-electron chi connectivity index (χ4n) is 1.66. The summed E-state index contributed by atoms with van der Waals surface area (Å²) in [4.78, 5) is 29.7. The number of nitrogens with zero attached hydrogens (tertiary/aromatic N) is 2. The first kappa shape index (κ1) is 13.3. The minimum atomic E-state index is -0.299. The Morgan fingerprint density at radius 1 is 1.63 bits per heavy atom. The maximum atomic E-state index is 12.2. The van der Waals surface area contributed by atoms with Crippen LogP contribution < -0.4 is 10.9 Å². The van der Waals surface area contributed by atoms with Gasteiger partial charge in [-0.05, 0) is 12.5 Å². The summed E-state index contributed by atoms with van der Waals surface area (Å²) in [5, 5.41) is 3.08. The number of thiophene rings is 1. The molecule has 2 heterocycles. The molecular formula is C13H13N3O2S. The third kappa shape index (κ3) is 2.83. The average molecular weight is 275 g/mol. The first-order valence-electron chi connectivity index (χ1n) is 5.83. The second-order valence-corrected chi connectivity index (χ2v) is 5.06. The van der Waals surface area contributed by atoms with E-state index >= 15 is 0 Å². The molecule has 2 rings (SSSR count). The van der Waals surface area contributed by atoms with Crippen molar-refractivity contribution >= 4 is 27.5 Å². The first-order valence-corrected chi connectivity index (χ1v) is 6.65. The lowest BCUT2D eigenvalue weighted by Gasteiger charge is -2.04. The maximum Gasteiger partial charge on any atom is 0.262 e. The summed E-state index contributed by atoms with van der Waals surface area (Å²) < 4.78 is 1.29. The molecule has 0 saturated heterocycles. The molecule has 2 aromatic rings. The maximum absolute atomic E-state index is 12.2. The Morgan fingerprint density at radius 3 is 3.11 bits per heavy atom. The molecule has 0 aliphatic carbocycles. The predicted molar refractivity (Wildman–Crippen MR) is 75.1 cm³/mol. The van der Waals surface area contributed by atoms with Crippen molar-refractivity contribution in [3.8, 4) is 12.3 Å². The number of aryl methyl sites for hydroxylation is 1. The van der Waals surface area contributed by atoms with E-state index in [2.05, 4.69) is 16.2 Å². The van der Waals surface area contributed by atoms with E-state index in [1.54, 1.807) is 0 Å². The van der Waals surface area contributed by atoms with Crippen molar-refractivity contribution in [1.29, 1.82) is 0 Å². The minimum absolute atomic E-state index is 0.0687. The molecule has 19 heavy (non-hydrogen) atoms. The van der Waals surface area contributed by atoms with Gasteiger partial charge in [0.05, 0.1) is 18.3 Å². The molecule has 0 spiro atoms. The molecule has 0 saturated carbocycles. The van der Waals surface area contributed by atoms with Crippen molar-refractivity contribution in [2.45, 2.75) is 19.9 Å². The second-order valence-electron chi connectivity index (χ2n) is 3.94. The Labute approximate surface area is 114 Å². The van der Waals surface area contributed by atoms with Crippen molar-refractivity contribution in [3.05, 3.63) is 27.6 Å².